The summed E-state index contributed by atoms with van der Waals surface area (Å²) in [5.41, 5.74) is 0.833. The summed E-state index contributed by atoms with van der Waals surface area (Å²) in [6.07, 6.45) is -0.833. The van der Waals surface area contributed by atoms with E-state index in [0.717, 1.165) is 5.56 Å². The smallest absolute Gasteiger partial charge is 0.345 e. The Morgan fingerprint density at radius 3 is 2.50 bits per heavy atom. The summed E-state index contributed by atoms with van der Waals surface area (Å²) >= 11 is 5.81. The van der Waals surface area contributed by atoms with Crippen LogP contribution in [0.15, 0.2) is 18.2 Å². The maximum absolute atomic E-state index is 11.0. The number of hydrogen-bond acceptors (Lipinski definition) is 2. The number of rotatable bonds is 4. The lowest BCUT2D eigenvalue weighted by atomic mass is 10.1. The summed E-state index contributed by atoms with van der Waals surface area (Å²) in [6, 6.07) is 5.12. The van der Waals surface area contributed by atoms with Crippen LogP contribution in [0.4, 0.5) is 0 Å². The summed E-state index contributed by atoms with van der Waals surface area (Å²) < 4.78 is 5.46. The molecule has 0 heterocycles. The number of aryl methyl sites for hydroxylation is 1. The Morgan fingerprint density at radius 2 is 2.06 bits per heavy atom. The molecule has 16 heavy (non-hydrogen) atoms. The third-order valence-electron chi connectivity index (χ3n) is 2.24. The van der Waals surface area contributed by atoms with Gasteiger partial charge in [0.05, 0.1) is 0 Å². The Morgan fingerprint density at radius 1 is 1.44 bits per heavy atom. The molecule has 0 amide bonds. The number of carboxylic acids is 1. The SMILES string of the molecule is Cc1cc(Cl)ccc1OC(C(=O)O)C(C)C. The minimum atomic E-state index is -0.954. The molecule has 0 aromatic heterocycles. The van der Waals surface area contributed by atoms with Crippen molar-refractivity contribution in [2.45, 2.75) is 26.9 Å². The van der Waals surface area contributed by atoms with Crippen LogP contribution in [0, 0.1) is 12.8 Å². The summed E-state index contributed by atoms with van der Waals surface area (Å²) in [7, 11) is 0. The lowest BCUT2D eigenvalue weighted by Crippen LogP contribution is -2.32. The Kier molecular flexibility index (Phi) is 4.19. The molecule has 0 aliphatic rings. The Hall–Kier alpha value is -1.22. The van der Waals surface area contributed by atoms with Crippen LogP contribution in [0.1, 0.15) is 19.4 Å². The standard InChI is InChI=1S/C12H15ClO3/c1-7(2)11(12(14)15)16-10-5-4-9(13)6-8(10)3/h4-7,11H,1-3H3,(H,14,15). The molecule has 1 aromatic carbocycles. The van der Waals surface area contributed by atoms with Crippen molar-refractivity contribution in [3.63, 3.8) is 0 Å². The number of hydrogen-bond donors (Lipinski definition) is 1. The van der Waals surface area contributed by atoms with Crippen LogP contribution >= 0.6 is 11.6 Å². The molecule has 0 aliphatic heterocycles. The van der Waals surface area contributed by atoms with Gasteiger partial charge >= 0.3 is 5.97 Å². The zero-order chi connectivity index (χ0) is 12.3. The summed E-state index contributed by atoms with van der Waals surface area (Å²) in [4.78, 5) is 11.0. The second-order valence-electron chi connectivity index (χ2n) is 4.03. The second kappa shape index (κ2) is 5.21. The van der Waals surface area contributed by atoms with Gasteiger partial charge in [0.1, 0.15) is 5.75 Å². The highest BCUT2D eigenvalue weighted by molar-refractivity contribution is 6.30. The molecule has 0 saturated carbocycles. The summed E-state index contributed by atoms with van der Waals surface area (Å²) in [5.74, 6) is -0.484. The van der Waals surface area contributed by atoms with Gasteiger partial charge in [0.25, 0.3) is 0 Å². The normalized spacial score (nSPS) is 12.6. The van der Waals surface area contributed by atoms with Crippen molar-refractivity contribution in [3.8, 4) is 5.75 Å². The molecule has 0 spiro atoms. The average Bonchev–Trinajstić information content (AvgIpc) is 2.15. The minimum Gasteiger partial charge on any atom is -0.478 e. The highest BCUT2D eigenvalue weighted by Crippen LogP contribution is 2.24. The third-order valence-corrected chi connectivity index (χ3v) is 2.47. The van der Waals surface area contributed by atoms with Gasteiger partial charge in [0.2, 0.25) is 0 Å². The molecule has 1 unspecified atom stereocenters. The maximum atomic E-state index is 11.0. The van der Waals surface area contributed by atoms with E-state index >= 15 is 0 Å². The van der Waals surface area contributed by atoms with Gasteiger partial charge in [-0.15, -0.1) is 0 Å². The summed E-state index contributed by atoms with van der Waals surface area (Å²) in [5, 5.41) is 9.61. The van der Waals surface area contributed by atoms with E-state index in [4.69, 9.17) is 21.4 Å². The predicted molar refractivity (Wildman–Crippen MR) is 63.1 cm³/mol. The molecule has 1 rings (SSSR count). The monoisotopic (exact) mass is 242 g/mol. The first-order chi connectivity index (χ1) is 7.41. The first kappa shape index (κ1) is 12.8. The second-order valence-corrected chi connectivity index (χ2v) is 4.47. The topological polar surface area (TPSA) is 46.5 Å². The van der Waals surface area contributed by atoms with E-state index in [-0.39, 0.29) is 5.92 Å². The van der Waals surface area contributed by atoms with Crippen molar-refractivity contribution in [2.24, 2.45) is 5.92 Å². The van der Waals surface area contributed by atoms with Gasteiger partial charge in [-0.25, -0.2) is 4.79 Å². The number of benzene rings is 1. The number of aliphatic carboxylic acids is 1. The predicted octanol–water partition coefficient (Wildman–Crippen LogP) is 3.14. The van der Waals surface area contributed by atoms with Crippen LogP contribution in [0.2, 0.25) is 5.02 Å². The highest BCUT2D eigenvalue weighted by atomic mass is 35.5. The van der Waals surface area contributed by atoms with Crippen molar-refractivity contribution >= 4 is 17.6 Å². The van der Waals surface area contributed by atoms with E-state index in [2.05, 4.69) is 0 Å². The van der Waals surface area contributed by atoms with Gasteiger partial charge < -0.3 is 9.84 Å². The van der Waals surface area contributed by atoms with Crippen LogP contribution in [0.3, 0.4) is 0 Å². The lowest BCUT2D eigenvalue weighted by Gasteiger charge is -2.19. The largest absolute Gasteiger partial charge is 0.478 e. The molecule has 0 bridgehead atoms. The fourth-order valence-electron chi connectivity index (χ4n) is 1.35. The van der Waals surface area contributed by atoms with Crippen molar-refractivity contribution in [2.75, 3.05) is 0 Å². The molecule has 4 heteroatoms. The molecule has 88 valence electrons. The van der Waals surface area contributed by atoms with E-state index in [1.54, 1.807) is 18.2 Å². The molecule has 1 N–H and O–H groups in total. The van der Waals surface area contributed by atoms with Crippen LogP contribution in [-0.4, -0.2) is 17.2 Å². The molecule has 0 fully saturated rings. The molecular weight excluding hydrogens is 228 g/mol. The number of ether oxygens (including phenoxy) is 1. The van der Waals surface area contributed by atoms with Crippen LogP contribution in [0.5, 0.6) is 5.75 Å². The van der Waals surface area contributed by atoms with Gasteiger partial charge in [-0.2, -0.15) is 0 Å². The van der Waals surface area contributed by atoms with Crippen LogP contribution in [0.25, 0.3) is 0 Å². The van der Waals surface area contributed by atoms with E-state index in [0.29, 0.717) is 10.8 Å². The van der Waals surface area contributed by atoms with Gasteiger partial charge in [-0.05, 0) is 30.7 Å². The fourth-order valence-corrected chi connectivity index (χ4v) is 1.58. The average molecular weight is 243 g/mol. The van der Waals surface area contributed by atoms with Gasteiger partial charge in [-0.3, -0.25) is 0 Å². The molecule has 0 aliphatic carbocycles. The van der Waals surface area contributed by atoms with E-state index in [9.17, 15) is 4.79 Å². The van der Waals surface area contributed by atoms with Crippen molar-refractivity contribution < 1.29 is 14.6 Å². The van der Waals surface area contributed by atoms with E-state index in [1.807, 2.05) is 20.8 Å². The summed E-state index contributed by atoms with van der Waals surface area (Å²) in [6.45, 7) is 5.45. The Labute approximate surface area is 100.0 Å². The number of carbonyl (C=O) groups is 1. The third kappa shape index (κ3) is 3.14. The first-order valence-corrected chi connectivity index (χ1v) is 5.45. The number of halogens is 1. The molecule has 0 radical (unpaired) electrons. The molecular formula is C12H15ClO3. The van der Waals surface area contributed by atoms with Crippen LogP contribution < -0.4 is 4.74 Å². The molecule has 1 atom stereocenters. The minimum absolute atomic E-state index is 0.0902. The number of carboxylic acid groups (broad SMARTS) is 1. The van der Waals surface area contributed by atoms with E-state index < -0.39 is 12.1 Å². The van der Waals surface area contributed by atoms with Gasteiger partial charge in [0.15, 0.2) is 6.10 Å². The first-order valence-electron chi connectivity index (χ1n) is 5.07. The fraction of sp³-hybridized carbons (Fsp3) is 0.417. The zero-order valence-electron chi connectivity index (χ0n) is 9.53. The maximum Gasteiger partial charge on any atom is 0.345 e. The Bertz CT molecular complexity index is 388. The lowest BCUT2D eigenvalue weighted by molar-refractivity contribution is -0.147. The van der Waals surface area contributed by atoms with E-state index in [1.165, 1.54) is 0 Å². The van der Waals surface area contributed by atoms with Gasteiger partial charge in [-0.1, -0.05) is 25.4 Å². The van der Waals surface area contributed by atoms with Crippen molar-refractivity contribution in [1.82, 2.24) is 0 Å². The highest BCUT2D eigenvalue weighted by Gasteiger charge is 2.23. The quantitative estimate of drug-likeness (QED) is 0.882. The Balaban J connectivity index is 2.90. The molecule has 1 aromatic rings. The van der Waals surface area contributed by atoms with Crippen molar-refractivity contribution in [3.05, 3.63) is 28.8 Å². The zero-order valence-corrected chi connectivity index (χ0v) is 10.3. The van der Waals surface area contributed by atoms with Crippen LogP contribution in [-0.2, 0) is 4.79 Å². The molecule has 3 nitrogen and oxygen atoms in total. The molecule has 0 saturated heterocycles. The van der Waals surface area contributed by atoms with Crippen molar-refractivity contribution in [1.29, 1.82) is 0 Å². The van der Waals surface area contributed by atoms with Gasteiger partial charge in [0, 0.05) is 10.9 Å².